The Morgan fingerprint density at radius 1 is 0.355 bits per heavy atom. The van der Waals surface area contributed by atoms with Gasteiger partial charge in [-0.15, -0.1) is 0 Å². The van der Waals surface area contributed by atoms with E-state index in [0.717, 1.165) is 38.5 Å². The summed E-state index contributed by atoms with van der Waals surface area (Å²) >= 11 is 0. The quantitative estimate of drug-likeness (QED) is 0.0425. The maximum Gasteiger partial charge on any atom is 0.407 e. The summed E-state index contributed by atoms with van der Waals surface area (Å²) in [5.74, 6) is -2.88. The molecule has 0 aromatic carbocycles. The monoisotopic (exact) mass is 1530 g/mol. The first kappa shape index (κ1) is 96.9. The lowest BCUT2D eigenvalue weighted by atomic mass is 10.1. The van der Waals surface area contributed by atoms with Crippen molar-refractivity contribution in [2.24, 2.45) is 0 Å². The standard InChI is InChI=1S/C84H156N2O21/c1-11-13-15-17-19-21-23-25-27-29-31-33-35-37-39-43-50-91-57-74(96-52-45-40-38-36-34-32-30-28-26-24-22-20-18-16-14-12-2)66-99-80(88)85-48-46-51-90-54-53-89-49-44-41-42-47-79(87)86-71(55-97-72(58-92-62-75-67-100-81(3,4)104-75)59-93-63-76-68-101-82(5,6)105-76)56-98-73(60-94-64-77-69-102-83(7,8)106-77)61-95-65-78-70-103-84(9,10)107-78/h25-28,71-78H,11-24,29-70H2,1-10H3,(H,85,88)(H,86,87)/b27-25-,28-26-. The summed E-state index contributed by atoms with van der Waals surface area (Å²) in [4.78, 5) is 26.6. The SMILES string of the molecule is CCCCCCCC/C=C\CCCCCCCCOCC(COC(=O)NCCCOCCOCCCCCC(=O)NC(COC(COCC1COC(C)(C)O1)COCC1COC(C)(C)O1)COC(COCC1COC(C)(C)O1)COCC1COC(C)(C)O1)OCCCCCCCC/C=C\CCCCCCCC. The van der Waals surface area contributed by atoms with Crippen LogP contribution in [0.4, 0.5) is 4.79 Å². The van der Waals surface area contributed by atoms with Gasteiger partial charge < -0.3 is 101 Å². The predicted molar refractivity (Wildman–Crippen MR) is 418 cm³/mol. The van der Waals surface area contributed by atoms with E-state index in [1.54, 1.807) is 0 Å². The predicted octanol–water partition coefficient (Wildman–Crippen LogP) is 16.1. The summed E-state index contributed by atoms with van der Waals surface area (Å²) in [6.45, 7) is 27.6. The second kappa shape index (κ2) is 61.9. The topological polar surface area (TPSA) is 234 Å². The Hall–Kier alpha value is -2.50. The third kappa shape index (κ3) is 54.8. The van der Waals surface area contributed by atoms with Crippen molar-refractivity contribution in [1.82, 2.24) is 10.6 Å². The number of hydrogen-bond donors (Lipinski definition) is 2. The van der Waals surface area contributed by atoms with Crippen LogP contribution >= 0.6 is 0 Å². The van der Waals surface area contributed by atoms with Crippen LogP contribution in [0.5, 0.6) is 0 Å². The molecule has 0 radical (unpaired) electrons. The third-order valence-electron chi connectivity index (χ3n) is 18.9. The van der Waals surface area contributed by atoms with Gasteiger partial charge in [0.2, 0.25) is 5.91 Å². The van der Waals surface area contributed by atoms with Crippen LogP contribution in [0.1, 0.15) is 281 Å². The van der Waals surface area contributed by atoms with Gasteiger partial charge in [0.15, 0.2) is 23.1 Å². The van der Waals surface area contributed by atoms with Crippen LogP contribution in [0.3, 0.4) is 0 Å². The molecule has 5 unspecified atom stereocenters. The summed E-state index contributed by atoms with van der Waals surface area (Å²) < 4.78 is 114. The van der Waals surface area contributed by atoms with E-state index < -0.39 is 47.5 Å². The molecule has 4 fully saturated rings. The van der Waals surface area contributed by atoms with Crippen molar-refractivity contribution < 1.29 is 99.6 Å². The van der Waals surface area contributed by atoms with Crippen molar-refractivity contribution in [3.05, 3.63) is 24.3 Å². The molecule has 628 valence electrons. The minimum absolute atomic E-state index is 0.0944. The molecule has 2 amide bonds. The van der Waals surface area contributed by atoms with Crippen LogP contribution < -0.4 is 10.6 Å². The first-order valence-corrected chi connectivity index (χ1v) is 42.5. The molecule has 0 bridgehead atoms. The van der Waals surface area contributed by atoms with Crippen molar-refractivity contribution in [3.8, 4) is 0 Å². The fraction of sp³-hybridized carbons (Fsp3) is 0.929. The zero-order valence-electron chi connectivity index (χ0n) is 69.1. The van der Waals surface area contributed by atoms with E-state index in [0.29, 0.717) is 125 Å². The maximum absolute atomic E-state index is 13.8. The van der Waals surface area contributed by atoms with Crippen LogP contribution in [0, 0.1) is 0 Å². The highest BCUT2D eigenvalue weighted by Gasteiger charge is 2.37. The number of unbranched alkanes of at least 4 members (excludes halogenated alkanes) is 26. The molecule has 0 saturated carbocycles. The second-order valence-electron chi connectivity index (χ2n) is 31.5. The average molecular weight is 1530 g/mol. The molecule has 0 spiro atoms. The molecular formula is C84H156N2O21. The lowest BCUT2D eigenvalue weighted by Crippen LogP contribution is -2.45. The molecule has 5 atom stereocenters. The molecule has 0 aromatic rings. The Morgan fingerprint density at radius 2 is 0.682 bits per heavy atom. The number of carbonyl (C=O) groups is 2. The Labute approximate surface area is 648 Å². The number of alkyl carbamates (subject to hydrolysis) is 1. The van der Waals surface area contributed by atoms with Gasteiger partial charge in [-0.3, -0.25) is 4.79 Å². The fourth-order valence-electron chi connectivity index (χ4n) is 12.9. The van der Waals surface area contributed by atoms with E-state index in [1.165, 1.54) is 154 Å². The Bertz CT molecular complexity index is 2040. The van der Waals surface area contributed by atoms with Crippen molar-refractivity contribution >= 4 is 12.0 Å². The molecule has 107 heavy (non-hydrogen) atoms. The molecule has 4 rings (SSSR count). The lowest BCUT2D eigenvalue weighted by Gasteiger charge is -2.26. The van der Waals surface area contributed by atoms with Gasteiger partial charge in [-0.25, -0.2) is 4.79 Å². The van der Waals surface area contributed by atoms with Crippen molar-refractivity contribution in [1.29, 1.82) is 0 Å². The highest BCUT2D eigenvalue weighted by Crippen LogP contribution is 2.27. The van der Waals surface area contributed by atoms with Gasteiger partial charge in [-0.05, 0) is 139 Å². The van der Waals surface area contributed by atoms with E-state index in [2.05, 4.69) is 48.8 Å². The molecule has 0 aliphatic carbocycles. The number of amides is 2. The lowest BCUT2D eigenvalue weighted by molar-refractivity contribution is -0.154. The second-order valence-corrected chi connectivity index (χ2v) is 31.5. The van der Waals surface area contributed by atoms with Gasteiger partial charge in [0.25, 0.3) is 0 Å². The summed E-state index contributed by atoms with van der Waals surface area (Å²) in [5.41, 5.74) is 0. The van der Waals surface area contributed by atoms with E-state index in [1.807, 2.05) is 55.4 Å². The third-order valence-corrected chi connectivity index (χ3v) is 18.9. The zero-order valence-corrected chi connectivity index (χ0v) is 69.1. The Morgan fingerprint density at radius 3 is 1.07 bits per heavy atom. The van der Waals surface area contributed by atoms with Gasteiger partial charge in [-0.1, -0.05) is 160 Å². The number of carbonyl (C=O) groups excluding carboxylic acids is 2. The summed E-state index contributed by atoms with van der Waals surface area (Å²) in [6.07, 6.45) is 45.4. The van der Waals surface area contributed by atoms with Crippen LogP contribution in [0.25, 0.3) is 0 Å². The number of nitrogens with one attached hydrogen (secondary N) is 2. The van der Waals surface area contributed by atoms with Gasteiger partial charge in [-0.2, -0.15) is 0 Å². The largest absolute Gasteiger partial charge is 0.447 e. The Kier molecular flexibility index (Phi) is 56.1. The van der Waals surface area contributed by atoms with Gasteiger partial charge in [0.1, 0.15) is 49.3 Å². The fourth-order valence-corrected chi connectivity index (χ4v) is 12.9. The van der Waals surface area contributed by atoms with E-state index in [4.69, 9.17) is 90.0 Å². The number of allylic oxidation sites excluding steroid dienone is 4. The van der Waals surface area contributed by atoms with Gasteiger partial charge >= 0.3 is 6.09 Å². The van der Waals surface area contributed by atoms with Gasteiger partial charge in [0.05, 0.1) is 118 Å². The molecule has 23 nitrogen and oxygen atoms in total. The average Bonchev–Trinajstić information content (AvgIpc) is 1.73. The molecule has 4 heterocycles. The van der Waals surface area contributed by atoms with Crippen molar-refractivity contribution in [3.63, 3.8) is 0 Å². The van der Waals surface area contributed by atoms with Crippen molar-refractivity contribution in [2.45, 2.75) is 353 Å². The number of ether oxygens (including phenoxy) is 19. The van der Waals surface area contributed by atoms with E-state index in [9.17, 15) is 9.59 Å². The minimum atomic E-state index is -0.687. The normalized spacial score (nSPS) is 20.8. The minimum Gasteiger partial charge on any atom is -0.447 e. The first-order valence-electron chi connectivity index (χ1n) is 42.5. The van der Waals surface area contributed by atoms with Crippen LogP contribution in [0.2, 0.25) is 0 Å². The number of rotatable bonds is 73. The number of hydrogen-bond acceptors (Lipinski definition) is 21. The Balaban J connectivity index is 1.14. The molecule has 0 aromatic heterocycles. The zero-order chi connectivity index (χ0) is 77.0. The van der Waals surface area contributed by atoms with Crippen LogP contribution in [-0.2, 0) is 94.8 Å². The summed E-state index contributed by atoms with van der Waals surface area (Å²) in [7, 11) is 0. The van der Waals surface area contributed by atoms with E-state index in [-0.39, 0.29) is 82.7 Å². The molecule has 4 aliphatic heterocycles. The first-order chi connectivity index (χ1) is 51.8. The molecule has 4 aliphatic rings. The molecular weight excluding hydrogens is 1370 g/mol. The highest BCUT2D eigenvalue weighted by molar-refractivity contribution is 5.76. The molecule has 4 saturated heterocycles. The maximum atomic E-state index is 13.8. The van der Waals surface area contributed by atoms with E-state index >= 15 is 0 Å². The van der Waals surface area contributed by atoms with Gasteiger partial charge in [0, 0.05) is 39.4 Å². The summed E-state index contributed by atoms with van der Waals surface area (Å²) in [6, 6.07) is -0.563. The van der Waals surface area contributed by atoms with Crippen LogP contribution in [0.15, 0.2) is 24.3 Å². The molecule has 2 N–H and O–H groups in total. The van der Waals surface area contributed by atoms with Crippen molar-refractivity contribution in [2.75, 3.05) is 152 Å². The smallest absolute Gasteiger partial charge is 0.407 e. The summed E-state index contributed by atoms with van der Waals surface area (Å²) in [5, 5.41) is 6.05. The van der Waals surface area contributed by atoms with Crippen LogP contribution in [-0.4, -0.2) is 236 Å². The highest BCUT2D eigenvalue weighted by atomic mass is 16.8. The molecule has 23 heteroatoms.